The SMILES string of the molecule is CCOC(=O)Nc1ccc(C(=O)OCC2COc3ccccc3O2)cc1. The molecule has 0 radical (unpaired) electrons. The van der Waals surface area contributed by atoms with Gasteiger partial charge in [0.15, 0.2) is 17.6 Å². The van der Waals surface area contributed by atoms with Gasteiger partial charge in [0, 0.05) is 5.69 Å². The van der Waals surface area contributed by atoms with Crippen LogP contribution in [0.4, 0.5) is 10.5 Å². The number of hydrogen-bond acceptors (Lipinski definition) is 6. The summed E-state index contributed by atoms with van der Waals surface area (Å²) in [6.45, 7) is 2.40. The lowest BCUT2D eigenvalue weighted by atomic mass is 10.2. The first-order valence-electron chi connectivity index (χ1n) is 8.25. The van der Waals surface area contributed by atoms with Gasteiger partial charge in [0.1, 0.15) is 13.2 Å². The molecule has 0 saturated carbocycles. The number of carbonyl (C=O) groups excluding carboxylic acids is 2. The second-order valence-electron chi connectivity index (χ2n) is 5.52. The number of nitrogens with one attached hydrogen (secondary N) is 1. The van der Waals surface area contributed by atoms with E-state index in [9.17, 15) is 9.59 Å². The Labute approximate surface area is 150 Å². The minimum absolute atomic E-state index is 0.0794. The fraction of sp³-hybridized carbons (Fsp3) is 0.263. The third kappa shape index (κ3) is 4.44. The summed E-state index contributed by atoms with van der Waals surface area (Å²) in [7, 11) is 0. The van der Waals surface area contributed by atoms with Crippen LogP contribution in [-0.2, 0) is 9.47 Å². The van der Waals surface area contributed by atoms with Gasteiger partial charge in [0.05, 0.1) is 12.2 Å². The Bertz CT molecular complexity index is 774. The highest BCUT2D eigenvalue weighted by Crippen LogP contribution is 2.30. The molecule has 26 heavy (non-hydrogen) atoms. The van der Waals surface area contributed by atoms with E-state index in [0.717, 1.165) is 0 Å². The third-order valence-corrected chi connectivity index (χ3v) is 3.61. The molecule has 0 aliphatic carbocycles. The second kappa shape index (κ2) is 8.24. The molecule has 1 N–H and O–H groups in total. The van der Waals surface area contributed by atoms with E-state index in [1.54, 1.807) is 37.3 Å². The summed E-state index contributed by atoms with van der Waals surface area (Å²) in [4.78, 5) is 23.5. The van der Waals surface area contributed by atoms with E-state index in [0.29, 0.717) is 29.4 Å². The van der Waals surface area contributed by atoms with Crippen LogP contribution in [0, 0.1) is 0 Å². The van der Waals surface area contributed by atoms with Crippen LogP contribution >= 0.6 is 0 Å². The number of benzene rings is 2. The van der Waals surface area contributed by atoms with Crippen molar-refractivity contribution in [3.05, 3.63) is 54.1 Å². The van der Waals surface area contributed by atoms with Gasteiger partial charge < -0.3 is 18.9 Å². The molecule has 0 fully saturated rings. The lowest BCUT2D eigenvalue weighted by Crippen LogP contribution is -2.34. The van der Waals surface area contributed by atoms with Crippen molar-refractivity contribution in [3.63, 3.8) is 0 Å². The monoisotopic (exact) mass is 357 g/mol. The summed E-state index contributed by atoms with van der Waals surface area (Å²) in [5.74, 6) is 0.837. The largest absolute Gasteiger partial charge is 0.486 e. The highest BCUT2D eigenvalue weighted by atomic mass is 16.6. The molecule has 1 heterocycles. The summed E-state index contributed by atoms with van der Waals surface area (Å²) >= 11 is 0. The molecule has 2 aromatic carbocycles. The molecule has 1 amide bonds. The Kier molecular flexibility index (Phi) is 5.58. The quantitative estimate of drug-likeness (QED) is 0.827. The number of ether oxygens (including phenoxy) is 4. The smallest absolute Gasteiger partial charge is 0.411 e. The second-order valence-corrected chi connectivity index (χ2v) is 5.52. The normalized spacial score (nSPS) is 15.0. The predicted molar refractivity (Wildman–Crippen MR) is 93.7 cm³/mol. The van der Waals surface area contributed by atoms with Crippen molar-refractivity contribution in [2.45, 2.75) is 13.0 Å². The summed E-state index contributed by atoms with van der Waals surface area (Å²) in [5.41, 5.74) is 0.900. The minimum Gasteiger partial charge on any atom is -0.486 e. The number of rotatable bonds is 5. The van der Waals surface area contributed by atoms with Gasteiger partial charge in [0.25, 0.3) is 0 Å². The lowest BCUT2D eigenvalue weighted by molar-refractivity contribution is 0.0110. The van der Waals surface area contributed by atoms with Crippen LogP contribution in [0.25, 0.3) is 0 Å². The van der Waals surface area contributed by atoms with Crippen molar-refractivity contribution < 1.29 is 28.5 Å². The summed E-state index contributed by atoms with van der Waals surface area (Å²) in [5, 5.41) is 2.55. The lowest BCUT2D eigenvalue weighted by Gasteiger charge is -2.26. The maximum absolute atomic E-state index is 12.1. The van der Waals surface area contributed by atoms with E-state index >= 15 is 0 Å². The van der Waals surface area contributed by atoms with Crippen LogP contribution in [0.3, 0.4) is 0 Å². The van der Waals surface area contributed by atoms with Crippen molar-refractivity contribution >= 4 is 17.7 Å². The van der Waals surface area contributed by atoms with Gasteiger partial charge in [-0.05, 0) is 43.3 Å². The van der Waals surface area contributed by atoms with Crippen LogP contribution in [0.5, 0.6) is 11.5 Å². The van der Waals surface area contributed by atoms with E-state index in [1.807, 2.05) is 18.2 Å². The van der Waals surface area contributed by atoms with E-state index in [-0.39, 0.29) is 19.3 Å². The summed E-state index contributed by atoms with van der Waals surface area (Å²) in [6, 6.07) is 13.7. The first-order valence-corrected chi connectivity index (χ1v) is 8.25. The maximum Gasteiger partial charge on any atom is 0.411 e. The summed E-state index contributed by atoms with van der Waals surface area (Å²) in [6.07, 6.45) is -0.906. The fourth-order valence-electron chi connectivity index (χ4n) is 2.37. The minimum atomic E-state index is -0.544. The molecule has 7 heteroatoms. The Morgan fingerprint density at radius 2 is 1.81 bits per heavy atom. The third-order valence-electron chi connectivity index (χ3n) is 3.61. The predicted octanol–water partition coefficient (Wildman–Crippen LogP) is 3.25. The molecular weight excluding hydrogens is 338 g/mol. The van der Waals surface area contributed by atoms with Gasteiger partial charge in [-0.3, -0.25) is 5.32 Å². The van der Waals surface area contributed by atoms with Gasteiger partial charge in [-0.25, -0.2) is 9.59 Å². The van der Waals surface area contributed by atoms with Gasteiger partial charge in [-0.15, -0.1) is 0 Å². The molecule has 1 atom stereocenters. The fourth-order valence-corrected chi connectivity index (χ4v) is 2.37. The van der Waals surface area contributed by atoms with Crippen molar-refractivity contribution in [1.82, 2.24) is 0 Å². The van der Waals surface area contributed by atoms with Gasteiger partial charge >= 0.3 is 12.1 Å². The molecule has 1 aliphatic heterocycles. The Morgan fingerprint density at radius 3 is 2.54 bits per heavy atom. The van der Waals surface area contributed by atoms with Crippen molar-refractivity contribution in [3.8, 4) is 11.5 Å². The molecule has 1 unspecified atom stereocenters. The first kappa shape index (κ1) is 17.6. The standard InChI is InChI=1S/C19H19NO6/c1-2-23-19(22)20-14-9-7-13(8-10-14)18(21)25-12-15-11-24-16-5-3-4-6-17(16)26-15/h3-10,15H,2,11-12H2,1H3,(H,20,22). The molecule has 0 aromatic heterocycles. The van der Waals surface area contributed by atoms with Gasteiger partial charge in [0.2, 0.25) is 0 Å². The topological polar surface area (TPSA) is 83.1 Å². The summed E-state index contributed by atoms with van der Waals surface area (Å²) < 4.78 is 21.4. The Balaban J connectivity index is 1.50. The van der Waals surface area contributed by atoms with E-state index < -0.39 is 12.1 Å². The van der Waals surface area contributed by atoms with Crippen LogP contribution in [0.1, 0.15) is 17.3 Å². The van der Waals surface area contributed by atoms with Gasteiger partial charge in [-0.1, -0.05) is 12.1 Å². The molecule has 0 saturated heterocycles. The van der Waals surface area contributed by atoms with Crippen LogP contribution < -0.4 is 14.8 Å². The molecule has 3 rings (SSSR count). The zero-order valence-corrected chi connectivity index (χ0v) is 14.3. The van der Waals surface area contributed by atoms with E-state index in [2.05, 4.69) is 5.32 Å². The number of amides is 1. The average molecular weight is 357 g/mol. The average Bonchev–Trinajstić information content (AvgIpc) is 2.66. The van der Waals surface area contributed by atoms with Crippen LogP contribution in [-0.4, -0.2) is 38.0 Å². The molecule has 136 valence electrons. The van der Waals surface area contributed by atoms with Crippen molar-refractivity contribution in [2.75, 3.05) is 25.1 Å². The van der Waals surface area contributed by atoms with E-state index in [4.69, 9.17) is 18.9 Å². The molecule has 7 nitrogen and oxygen atoms in total. The van der Waals surface area contributed by atoms with E-state index in [1.165, 1.54) is 0 Å². The van der Waals surface area contributed by atoms with Crippen LogP contribution in [0.15, 0.2) is 48.5 Å². The highest BCUT2D eigenvalue weighted by Gasteiger charge is 2.22. The van der Waals surface area contributed by atoms with Gasteiger partial charge in [-0.2, -0.15) is 0 Å². The number of esters is 1. The first-order chi connectivity index (χ1) is 12.7. The Morgan fingerprint density at radius 1 is 1.08 bits per heavy atom. The number of hydrogen-bond donors (Lipinski definition) is 1. The number of para-hydroxylation sites is 2. The molecular formula is C19H19NO6. The maximum atomic E-state index is 12.1. The number of anilines is 1. The highest BCUT2D eigenvalue weighted by molar-refractivity contribution is 5.91. The zero-order valence-electron chi connectivity index (χ0n) is 14.3. The van der Waals surface area contributed by atoms with Crippen LogP contribution in [0.2, 0.25) is 0 Å². The molecule has 2 aromatic rings. The zero-order chi connectivity index (χ0) is 18.4. The Hall–Kier alpha value is -3.22. The van der Waals surface area contributed by atoms with Crippen molar-refractivity contribution in [1.29, 1.82) is 0 Å². The number of carbonyl (C=O) groups is 2. The van der Waals surface area contributed by atoms with Crippen molar-refractivity contribution in [2.24, 2.45) is 0 Å². The molecule has 1 aliphatic rings. The molecule has 0 spiro atoms. The molecule has 0 bridgehead atoms. The number of fused-ring (bicyclic) bond motifs is 1.